The van der Waals surface area contributed by atoms with Crippen LogP contribution in [0, 0.1) is 12.8 Å². The largest absolute Gasteiger partial charge is 0.506 e. The second-order valence-electron chi connectivity index (χ2n) is 6.78. The Balaban J connectivity index is 1.92. The lowest BCUT2D eigenvalue weighted by Crippen LogP contribution is -2.11. The van der Waals surface area contributed by atoms with Gasteiger partial charge in [-0.05, 0) is 55.4 Å². The van der Waals surface area contributed by atoms with Gasteiger partial charge >= 0.3 is 6.09 Å². The molecule has 2 aromatic carbocycles. The van der Waals surface area contributed by atoms with E-state index in [1.165, 1.54) is 24.3 Å². The summed E-state index contributed by atoms with van der Waals surface area (Å²) in [6.45, 7) is 4.25. The average molecular weight is 357 g/mol. The van der Waals surface area contributed by atoms with Crippen molar-refractivity contribution >= 4 is 11.8 Å². The van der Waals surface area contributed by atoms with E-state index in [2.05, 4.69) is 48.2 Å². The highest BCUT2D eigenvalue weighted by Crippen LogP contribution is 2.30. The van der Waals surface area contributed by atoms with Crippen LogP contribution in [-0.2, 0) is 11.2 Å². The third-order valence-corrected chi connectivity index (χ3v) is 4.47. The molecule has 0 saturated heterocycles. The van der Waals surface area contributed by atoms with Gasteiger partial charge in [0.05, 0.1) is 18.9 Å². The van der Waals surface area contributed by atoms with Gasteiger partial charge in [-0.3, -0.25) is 5.32 Å². The highest BCUT2D eigenvalue weighted by atomic mass is 16.5. The standard InChI is InChI=1S/C21H27NO4/c1-14-4-7-16(8-5-14)12-15(2)6-10-19(23)17-9-11-20(24)18(13-17)22-21(25)26-3/h4-5,7-9,11,13,15,19,23-24H,6,10,12H2,1-3H3,(H,22,25)/t15-,19+/m0/s1. The number of rotatable bonds is 7. The molecule has 0 fully saturated rings. The molecule has 2 rings (SSSR count). The molecular formula is C21H27NO4. The summed E-state index contributed by atoms with van der Waals surface area (Å²) in [5, 5.41) is 22.7. The summed E-state index contributed by atoms with van der Waals surface area (Å²) in [6.07, 6.45) is 1.12. The van der Waals surface area contributed by atoms with E-state index in [1.807, 2.05) is 0 Å². The van der Waals surface area contributed by atoms with Gasteiger partial charge < -0.3 is 14.9 Å². The Morgan fingerprint density at radius 3 is 2.50 bits per heavy atom. The highest BCUT2D eigenvalue weighted by molar-refractivity contribution is 5.86. The van der Waals surface area contributed by atoms with Gasteiger partial charge in [0.25, 0.3) is 0 Å². The molecule has 1 amide bonds. The lowest BCUT2D eigenvalue weighted by Gasteiger charge is -2.17. The zero-order valence-corrected chi connectivity index (χ0v) is 15.5. The number of hydrogen-bond acceptors (Lipinski definition) is 4. The molecule has 140 valence electrons. The van der Waals surface area contributed by atoms with Crippen LogP contribution in [0.15, 0.2) is 42.5 Å². The number of ether oxygens (including phenoxy) is 1. The van der Waals surface area contributed by atoms with Gasteiger partial charge in [-0.15, -0.1) is 0 Å². The summed E-state index contributed by atoms with van der Waals surface area (Å²) in [4.78, 5) is 11.3. The zero-order valence-electron chi connectivity index (χ0n) is 15.5. The van der Waals surface area contributed by atoms with Crippen molar-refractivity contribution in [1.82, 2.24) is 0 Å². The molecule has 0 heterocycles. The van der Waals surface area contributed by atoms with Crippen LogP contribution in [0.1, 0.15) is 42.6 Å². The third kappa shape index (κ3) is 5.77. The summed E-state index contributed by atoms with van der Waals surface area (Å²) in [6, 6.07) is 13.2. The summed E-state index contributed by atoms with van der Waals surface area (Å²) < 4.78 is 4.53. The molecule has 0 aliphatic carbocycles. The molecule has 0 radical (unpaired) electrons. The predicted octanol–water partition coefficient (Wildman–Crippen LogP) is 4.57. The second-order valence-corrected chi connectivity index (χ2v) is 6.78. The van der Waals surface area contributed by atoms with Gasteiger partial charge in [0, 0.05) is 0 Å². The van der Waals surface area contributed by atoms with Gasteiger partial charge in [0.15, 0.2) is 0 Å². The predicted molar refractivity (Wildman–Crippen MR) is 102 cm³/mol. The average Bonchev–Trinajstić information content (AvgIpc) is 2.63. The summed E-state index contributed by atoms with van der Waals surface area (Å²) >= 11 is 0. The molecule has 3 N–H and O–H groups in total. The maximum Gasteiger partial charge on any atom is 0.411 e. The van der Waals surface area contributed by atoms with Crippen molar-refractivity contribution in [3.8, 4) is 5.75 Å². The Hall–Kier alpha value is -2.53. The van der Waals surface area contributed by atoms with Crippen LogP contribution in [0.25, 0.3) is 0 Å². The van der Waals surface area contributed by atoms with Gasteiger partial charge in [-0.2, -0.15) is 0 Å². The Morgan fingerprint density at radius 2 is 1.85 bits per heavy atom. The van der Waals surface area contributed by atoms with Gasteiger partial charge in [0.1, 0.15) is 5.75 Å². The van der Waals surface area contributed by atoms with E-state index < -0.39 is 12.2 Å². The number of aliphatic hydroxyl groups excluding tert-OH is 1. The SMILES string of the molecule is COC(=O)Nc1cc([C@H](O)CC[C@H](C)Cc2ccc(C)cc2)ccc1O. The Kier molecular flexibility index (Phi) is 7.04. The van der Waals surface area contributed by atoms with Crippen molar-refractivity contribution in [2.45, 2.75) is 39.2 Å². The van der Waals surface area contributed by atoms with Crippen LogP contribution >= 0.6 is 0 Å². The van der Waals surface area contributed by atoms with Crippen molar-refractivity contribution in [1.29, 1.82) is 0 Å². The number of hydrogen-bond donors (Lipinski definition) is 3. The van der Waals surface area contributed by atoms with E-state index in [9.17, 15) is 15.0 Å². The minimum Gasteiger partial charge on any atom is -0.506 e. The van der Waals surface area contributed by atoms with Crippen molar-refractivity contribution in [3.63, 3.8) is 0 Å². The normalized spacial score (nSPS) is 13.1. The third-order valence-electron chi connectivity index (χ3n) is 4.47. The van der Waals surface area contributed by atoms with Crippen LogP contribution < -0.4 is 5.32 Å². The minimum atomic E-state index is -0.668. The van der Waals surface area contributed by atoms with E-state index in [-0.39, 0.29) is 11.4 Å². The number of phenols is 1. The van der Waals surface area contributed by atoms with Crippen LogP contribution in [0.2, 0.25) is 0 Å². The number of amides is 1. The lowest BCUT2D eigenvalue weighted by molar-refractivity contribution is 0.158. The molecule has 26 heavy (non-hydrogen) atoms. The molecule has 0 aromatic heterocycles. The number of aromatic hydroxyl groups is 1. The van der Waals surface area contributed by atoms with E-state index in [1.54, 1.807) is 12.1 Å². The molecule has 0 aliphatic heterocycles. The molecule has 2 aromatic rings. The number of carbonyl (C=O) groups is 1. The first-order chi connectivity index (χ1) is 12.4. The fourth-order valence-electron chi connectivity index (χ4n) is 2.86. The summed E-state index contributed by atoms with van der Waals surface area (Å²) in [7, 11) is 1.25. The monoisotopic (exact) mass is 357 g/mol. The smallest absolute Gasteiger partial charge is 0.411 e. The number of aryl methyl sites for hydroxylation is 1. The molecule has 0 saturated carbocycles. The summed E-state index contributed by atoms with van der Waals surface area (Å²) in [5.41, 5.74) is 3.42. The molecular weight excluding hydrogens is 330 g/mol. The number of carbonyl (C=O) groups excluding carboxylic acids is 1. The zero-order chi connectivity index (χ0) is 19.1. The first kappa shape index (κ1) is 19.8. The van der Waals surface area contributed by atoms with E-state index >= 15 is 0 Å². The topological polar surface area (TPSA) is 78.8 Å². The first-order valence-electron chi connectivity index (χ1n) is 8.80. The number of anilines is 1. The molecule has 0 aliphatic rings. The van der Waals surface area contributed by atoms with Crippen molar-refractivity contribution < 1.29 is 19.7 Å². The molecule has 0 bridgehead atoms. The number of benzene rings is 2. The van der Waals surface area contributed by atoms with Crippen LogP contribution in [0.4, 0.5) is 10.5 Å². The highest BCUT2D eigenvalue weighted by Gasteiger charge is 2.14. The minimum absolute atomic E-state index is 0.0703. The molecule has 2 atom stereocenters. The molecule has 0 unspecified atom stereocenters. The maximum atomic E-state index is 11.3. The van der Waals surface area contributed by atoms with E-state index in [0.29, 0.717) is 17.9 Å². The Morgan fingerprint density at radius 1 is 1.15 bits per heavy atom. The van der Waals surface area contributed by atoms with Crippen LogP contribution in [0.5, 0.6) is 5.75 Å². The number of phenolic OH excluding ortho intramolecular Hbond substituents is 1. The second kappa shape index (κ2) is 9.25. The maximum absolute atomic E-state index is 11.3. The lowest BCUT2D eigenvalue weighted by atomic mass is 9.93. The Bertz CT molecular complexity index is 727. The molecule has 5 nitrogen and oxygen atoms in total. The number of nitrogens with one attached hydrogen (secondary N) is 1. The van der Waals surface area contributed by atoms with Crippen LogP contribution in [0.3, 0.4) is 0 Å². The van der Waals surface area contributed by atoms with Gasteiger partial charge in [0.2, 0.25) is 0 Å². The van der Waals surface area contributed by atoms with E-state index in [0.717, 1.165) is 12.8 Å². The van der Waals surface area contributed by atoms with Crippen molar-refractivity contribution in [3.05, 3.63) is 59.2 Å². The van der Waals surface area contributed by atoms with Gasteiger partial charge in [-0.25, -0.2) is 4.79 Å². The molecule has 0 spiro atoms. The molecule has 5 heteroatoms. The van der Waals surface area contributed by atoms with Crippen molar-refractivity contribution in [2.75, 3.05) is 12.4 Å². The Labute approximate surface area is 154 Å². The summed E-state index contributed by atoms with van der Waals surface area (Å²) in [5.74, 6) is 0.372. The van der Waals surface area contributed by atoms with Gasteiger partial charge in [-0.1, -0.05) is 42.8 Å². The number of methoxy groups -OCH3 is 1. The first-order valence-corrected chi connectivity index (χ1v) is 8.80. The van der Waals surface area contributed by atoms with Crippen molar-refractivity contribution in [2.24, 2.45) is 5.92 Å². The quantitative estimate of drug-likeness (QED) is 0.634. The fraction of sp³-hybridized carbons (Fsp3) is 0.381. The number of aliphatic hydroxyl groups is 1. The van der Waals surface area contributed by atoms with Crippen LogP contribution in [-0.4, -0.2) is 23.4 Å². The van der Waals surface area contributed by atoms with E-state index in [4.69, 9.17) is 0 Å². The fourth-order valence-corrected chi connectivity index (χ4v) is 2.86.